The Labute approximate surface area is 111 Å². The minimum atomic E-state index is -0.0605. The number of Topliss-reactive ketones (excluding diaryl/α,β-unsaturated/α-hetero) is 1. The van der Waals surface area contributed by atoms with Gasteiger partial charge < -0.3 is 9.72 Å². The van der Waals surface area contributed by atoms with Gasteiger partial charge in [0, 0.05) is 29.3 Å². The molecule has 0 aliphatic carbocycles. The molecule has 4 nitrogen and oxygen atoms in total. The van der Waals surface area contributed by atoms with Crippen molar-refractivity contribution in [3.8, 4) is 6.07 Å². The predicted octanol–water partition coefficient (Wildman–Crippen LogP) is 2.65. The molecule has 1 fully saturated rings. The standard InChI is InChI=1S/C15H14N2O2/c1-9-11(4-5-19-9)15(18)13-8-17-14-6-10(7-16)2-3-12(13)14/h2-3,6,8-9,11,17H,4-5H2,1H3. The molecular formula is C15H14N2O2. The maximum absolute atomic E-state index is 12.5. The Morgan fingerprint density at radius 3 is 3.05 bits per heavy atom. The maximum atomic E-state index is 12.5. The van der Waals surface area contributed by atoms with E-state index in [1.54, 1.807) is 18.3 Å². The number of hydrogen-bond donors (Lipinski definition) is 1. The number of carbonyl (C=O) groups excluding carboxylic acids is 1. The van der Waals surface area contributed by atoms with Gasteiger partial charge in [-0.25, -0.2) is 0 Å². The highest BCUT2D eigenvalue weighted by Gasteiger charge is 2.32. The molecule has 2 aromatic rings. The number of rotatable bonds is 2. The summed E-state index contributed by atoms with van der Waals surface area (Å²) in [5.74, 6) is 0.0654. The number of H-pyrrole nitrogens is 1. The summed E-state index contributed by atoms with van der Waals surface area (Å²) in [5, 5.41) is 9.75. The molecular weight excluding hydrogens is 240 g/mol. The first-order valence-electron chi connectivity index (χ1n) is 6.38. The van der Waals surface area contributed by atoms with Gasteiger partial charge in [-0.05, 0) is 25.5 Å². The highest BCUT2D eigenvalue weighted by molar-refractivity contribution is 6.09. The molecule has 0 bridgehead atoms. The molecule has 19 heavy (non-hydrogen) atoms. The van der Waals surface area contributed by atoms with Crippen molar-refractivity contribution >= 4 is 16.7 Å². The van der Waals surface area contributed by atoms with Crippen LogP contribution in [0.3, 0.4) is 0 Å². The summed E-state index contributed by atoms with van der Waals surface area (Å²) in [6.45, 7) is 2.59. The van der Waals surface area contributed by atoms with Gasteiger partial charge >= 0.3 is 0 Å². The normalized spacial score (nSPS) is 22.5. The summed E-state index contributed by atoms with van der Waals surface area (Å²) in [5.41, 5.74) is 2.11. The number of ketones is 1. The van der Waals surface area contributed by atoms with Gasteiger partial charge in [-0.2, -0.15) is 5.26 Å². The molecule has 1 N–H and O–H groups in total. The summed E-state index contributed by atoms with van der Waals surface area (Å²) in [7, 11) is 0. The van der Waals surface area contributed by atoms with E-state index in [0.29, 0.717) is 17.7 Å². The zero-order valence-electron chi connectivity index (χ0n) is 10.6. The first-order chi connectivity index (χ1) is 9.20. The van der Waals surface area contributed by atoms with Crippen LogP contribution < -0.4 is 0 Å². The average molecular weight is 254 g/mol. The van der Waals surface area contributed by atoms with Crippen molar-refractivity contribution in [3.63, 3.8) is 0 Å². The molecule has 0 amide bonds. The maximum Gasteiger partial charge on any atom is 0.170 e. The fraction of sp³-hybridized carbons (Fsp3) is 0.333. The fourth-order valence-corrected chi connectivity index (χ4v) is 2.68. The Hall–Kier alpha value is -2.12. The fourth-order valence-electron chi connectivity index (χ4n) is 2.68. The van der Waals surface area contributed by atoms with E-state index in [-0.39, 0.29) is 17.8 Å². The Balaban J connectivity index is 2.01. The molecule has 0 spiro atoms. The molecule has 1 saturated heterocycles. The number of benzene rings is 1. The van der Waals surface area contributed by atoms with Crippen LogP contribution in [0.2, 0.25) is 0 Å². The molecule has 1 aromatic heterocycles. The van der Waals surface area contributed by atoms with E-state index in [0.717, 1.165) is 17.3 Å². The smallest absolute Gasteiger partial charge is 0.170 e. The summed E-state index contributed by atoms with van der Waals surface area (Å²) >= 11 is 0. The lowest BCUT2D eigenvalue weighted by Crippen LogP contribution is -2.21. The summed E-state index contributed by atoms with van der Waals surface area (Å²) in [6.07, 6.45) is 2.50. The number of ether oxygens (including phenoxy) is 1. The van der Waals surface area contributed by atoms with Crippen molar-refractivity contribution in [2.45, 2.75) is 19.4 Å². The summed E-state index contributed by atoms with van der Waals surface area (Å²) in [6, 6.07) is 7.43. The van der Waals surface area contributed by atoms with Crippen molar-refractivity contribution in [1.82, 2.24) is 4.98 Å². The van der Waals surface area contributed by atoms with Crippen molar-refractivity contribution in [2.24, 2.45) is 5.92 Å². The third-order valence-electron chi connectivity index (χ3n) is 3.79. The van der Waals surface area contributed by atoms with Gasteiger partial charge in [0.2, 0.25) is 0 Å². The van der Waals surface area contributed by atoms with E-state index in [9.17, 15) is 4.79 Å². The number of fused-ring (bicyclic) bond motifs is 1. The van der Waals surface area contributed by atoms with E-state index in [2.05, 4.69) is 11.1 Å². The van der Waals surface area contributed by atoms with Gasteiger partial charge in [0.05, 0.1) is 23.7 Å². The van der Waals surface area contributed by atoms with E-state index in [1.807, 2.05) is 13.0 Å². The quantitative estimate of drug-likeness (QED) is 0.838. The van der Waals surface area contributed by atoms with Gasteiger partial charge in [-0.3, -0.25) is 4.79 Å². The second-order valence-electron chi connectivity index (χ2n) is 4.91. The van der Waals surface area contributed by atoms with Crippen LogP contribution in [0.15, 0.2) is 24.4 Å². The summed E-state index contributed by atoms with van der Waals surface area (Å²) in [4.78, 5) is 15.6. The second-order valence-corrected chi connectivity index (χ2v) is 4.91. The van der Waals surface area contributed by atoms with Crippen molar-refractivity contribution in [2.75, 3.05) is 6.61 Å². The van der Waals surface area contributed by atoms with E-state index < -0.39 is 0 Å². The topological polar surface area (TPSA) is 65.9 Å². The Kier molecular flexibility index (Phi) is 2.84. The van der Waals surface area contributed by atoms with Crippen LogP contribution >= 0.6 is 0 Å². The van der Waals surface area contributed by atoms with Crippen LogP contribution in [-0.4, -0.2) is 23.5 Å². The average Bonchev–Trinajstić information content (AvgIpc) is 3.03. The van der Waals surface area contributed by atoms with Crippen LogP contribution in [0.5, 0.6) is 0 Å². The first-order valence-corrected chi connectivity index (χ1v) is 6.38. The largest absolute Gasteiger partial charge is 0.378 e. The van der Waals surface area contributed by atoms with Gasteiger partial charge in [0.25, 0.3) is 0 Å². The number of carbonyl (C=O) groups is 1. The lowest BCUT2D eigenvalue weighted by Gasteiger charge is -2.11. The molecule has 1 aliphatic heterocycles. The number of aromatic amines is 1. The molecule has 1 aliphatic rings. The monoisotopic (exact) mass is 254 g/mol. The van der Waals surface area contributed by atoms with Gasteiger partial charge in [0.1, 0.15) is 0 Å². The van der Waals surface area contributed by atoms with Crippen LogP contribution in [0.4, 0.5) is 0 Å². The van der Waals surface area contributed by atoms with Crippen molar-refractivity contribution in [3.05, 3.63) is 35.5 Å². The van der Waals surface area contributed by atoms with Crippen LogP contribution in [0, 0.1) is 17.2 Å². The number of aromatic nitrogens is 1. The predicted molar refractivity (Wildman–Crippen MR) is 70.9 cm³/mol. The van der Waals surface area contributed by atoms with Gasteiger partial charge in [0.15, 0.2) is 5.78 Å². The Bertz CT molecular complexity index is 681. The highest BCUT2D eigenvalue weighted by Crippen LogP contribution is 2.28. The molecule has 4 heteroatoms. The third-order valence-corrected chi connectivity index (χ3v) is 3.79. The zero-order valence-corrected chi connectivity index (χ0v) is 10.6. The Morgan fingerprint density at radius 2 is 2.37 bits per heavy atom. The van der Waals surface area contributed by atoms with Crippen LogP contribution in [0.25, 0.3) is 10.9 Å². The number of nitrogens with one attached hydrogen (secondary N) is 1. The summed E-state index contributed by atoms with van der Waals surface area (Å²) < 4.78 is 5.46. The zero-order chi connectivity index (χ0) is 13.4. The minimum absolute atomic E-state index is 0.0177. The SMILES string of the molecule is CC1OCCC1C(=O)c1c[nH]c2cc(C#N)ccc12. The molecule has 3 rings (SSSR count). The lowest BCUT2D eigenvalue weighted by molar-refractivity contribution is 0.0766. The van der Waals surface area contributed by atoms with E-state index >= 15 is 0 Å². The Morgan fingerprint density at radius 1 is 1.53 bits per heavy atom. The number of nitriles is 1. The molecule has 2 heterocycles. The van der Waals surface area contributed by atoms with Crippen LogP contribution in [-0.2, 0) is 4.74 Å². The number of hydrogen-bond acceptors (Lipinski definition) is 3. The first kappa shape index (κ1) is 11.9. The van der Waals surface area contributed by atoms with Crippen molar-refractivity contribution in [1.29, 1.82) is 5.26 Å². The van der Waals surface area contributed by atoms with Gasteiger partial charge in [-0.1, -0.05) is 6.07 Å². The van der Waals surface area contributed by atoms with E-state index in [4.69, 9.17) is 10.00 Å². The molecule has 1 aromatic carbocycles. The minimum Gasteiger partial charge on any atom is -0.378 e. The molecule has 2 atom stereocenters. The number of nitrogens with zero attached hydrogens (tertiary/aromatic N) is 1. The third kappa shape index (κ3) is 1.92. The highest BCUT2D eigenvalue weighted by atomic mass is 16.5. The second kappa shape index (κ2) is 4.52. The molecule has 96 valence electrons. The van der Waals surface area contributed by atoms with E-state index in [1.165, 1.54) is 0 Å². The van der Waals surface area contributed by atoms with Crippen LogP contribution in [0.1, 0.15) is 29.3 Å². The molecule has 0 saturated carbocycles. The molecule has 0 radical (unpaired) electrons. The van der Waals surface area contributed by atoms with Crippen molar-refractivity contribution < 1.29 is 9.53 Å². The lowest BCUT2D eigenvalue weighted by atomic mass is 9.92. The molecule has 2 unspecified atom stereocenters. The van der Waals surface area contributed by atoms with Gasteiger partial charge in [-0.15, -0.1) is 0 Å².